The van der Waals surface area contributed by atoms with E-state index in [1.54, 1.807) is 19.1 Å². The van der Waals surface area contributed by atoms with E-state index in [-0.39, 0.29) is 17.7 Å². The Kier molecular flexibility index (Phi) is 4.32. The van der Waals surface area contributed by atoms with Gasteiger partial charge in [0.05, 0.1) is 0 Å². The Morgan fingerprint density at radius 1 is 1.16 bits per heavy atom. The van der Waals surface area contributed by atoms with Crippen molar-refractivity contribution in [2.24, 2.45) is 5.73 Å². The molecule has 100 valence electrons. The van der Waals surface area contributed by atoms with Crippen LogP contribution in [-0.2, 0) is 6.42 Å². The molecule has 0 amide bonds. The molecule has 0 heterocycles. The monoisotopic (exact) mass is 325 g/mol. The highest BCUT2D eigenvalue weighted by Gasteiger charge is 2.11. The summed E-state index contributed by atoms with van der Waals surface area (Å²) in [6.07, 6.45) is 0.517. The quantitative estimate of drug-likeness (QED) is 0.895. The SMILES string of the molecule is Cc1ccc(C(N)Cc2ccc(F)cc2Br)cc1F. The lowest BCUT2D eigenvalue weighted by atomic mass is 9.98. The van der Waals surface area contributed by atoms with Crippen LogP contribution in [0.15, 0.2) is 40.9 Å². The highest BCUT2D eigenvalue weighted by Crippen LogP contribution is 2.24. The van der Waals surface area contributed by atoms with E-state index in [2.05, 4.69) is 15.9 Å². The summed E-state index contributed by atoms with van der Waals surface area (Å²) in [6.45, 7) is 1.71. The maximum absolute atomic E-state index is 13.5. The van der Waals surface area contributed by atoms with Gasteiger partial charge < -0.3 is 5.73 Å². The van der Waals surface area contributed by atoms with Crippen LogP contribution >= 0.6 is 15.9 Å². The zero-order valence-electron chi connectivity index (χ0n) is 10.5. The number of aryl methyl sites for hydroxylation is 1. The number of rotatable bonds is 3. The van der Waals surface area contributed by atoms with E-state index in [4.69, 9.17) is 5.73 Å². The Labute approximate surface area is 119 Å². The maximum Gasteiger partial charge on any atom is 0.126 e. The van der Waals surface area contributed by atoms with Crippen molar-refractivity contribution in [2.75, 3.05) is 0 Å². The zero-order valence-corrected chi connectivity index (χ0v) is 12.0. The van der Waals surface area contributed by atoms with Gasteiger partial charge in [0.1, 0.15) is 11.6 Å². The first-order valence-corrected chi connectivity index (χ1v) is 6.72. The summed E-state index contributed by atoms with van der Waals surface area (Å²) in [4.78, 5) is 0. The summed E-state index contributed by atoms with van der Waals surface area (Å²) >= 11 is 3.30. The fourth-order valence-corrected chi connectivity index (χ4v) is 2.39. The van der Waals surface area contributed by atoms with Gasteiger partial charge in [-0.15, -0.1) is 0 Å². The molecule has 0 bridgehead atoms. The molecule has 2 rings (SSSR count). The van der Waals surface area contributed by atoms with Gasteiger partial charge >= 0.3 is 0 Å². The second-order valence-corrected chi connectivity index (χ2v) is 5.41. The molecular weight excluding hydrogens is 312 g/mol. The van der Waals surface area contributed by atoms with Gasteiger partial charge in [-0.3, -0.25) is 0 Å². The lowest BCUT2D eigenvalue weighted by Crippen LogP contribution is -2.14. The predicted octanol–water partition coefficient (Wildman–Crippen LogP) is 4.28. The van der Waals surface area contributed by atoms with Crippen molar-refractivity contribution in [2.45, 2.75) is 19.4 Å². The lowest BCUT2D eigenvalue weighted by molar-refractivity contribution is 0.609. The fourth-order valence-electron chi connectivity index (χ4n) is 1.88. The summed E-state index contributed by atoms with van der Waals surface area (Å²) < 4.78 is 27.2. The third kappa shape index (κ3) is 3.39. The summed E-state index contributed by atoms with van der Waals surface area (Å²) in [5.74, 6) is -0.559. The molecule has 0 saturated carbocycles. The van der Waals surface area contributed by atoms with Crippen LogP contribution < -0.4 is 5.73 Å². The van der Waals surface area contributed by atoms with Gasteiger partial charge in [-0.2, -0.15) is 0 Å². The average Bonchev–Trinajstić information content (AvgIpc) is 2.36. The number of halogens is 3. The van der Waals surface area contributed by atoms with Crippen LogP contribution in [0.2, 0.25) is 0 Å². The largest absolute Gasteiger partial charge is 0.324 e. The van der Waals surface area contributed by atoms with Gasteiger partial charge in [-0.05, 0) is 48.2 Å². The number of hydrogen-bond donors (Lipinski definition) is 1. The van der Waals surface area contributed by atoms with Crippen molar-refractivity contribution in [1.82, 2.24) is 0 Å². The highest BCUT2D eigenvalue weighted by molar-refractivity contribution is 9.10. The molecule has 4 heteroatoms. The van der Waals surface area contributed by atoms with Crippen molar-refractivity contribution in [3.63, 3.8) is 0 Å². The molecule has 19 heavy (non-hydrogen) atoms. The van der Waals surface area contributed by atoms with Crippen molar-refractivity contribution in [3.05, 3.63) is 69.2 Å². The molecule has 0 fully saturated rings. The third-order valence-electron chi connectivity index (χ3n) is 3.08. The van der Waals surface area contributed by atoms with Crippen LogP contribution in [0.5, 0.6) is 0 Å². The molecule has 2 aromatic rings. The van der Waals surface area contributed by atoms with Gasteiger partial charge in [-0.25, -0.2) is 8.78 Å². The highest BCUT2D eigenvalue weighted by atomic mass is 79.9. The normalized spacial score (nSPS) is 12.5. The first-order valence-electron chi connectivity index (χ1n) is 5.93. The molecule has 1 unspecified atom stereocenters. The lowest BCUT2D eigenvalue weighted by Gasteiger charge is -2.14. The summed E-state index contributed by atoms with van der Waals surface area (Å²) in [5, 5.41) is 0. The fraction of sp³-hybridized carbons (Fsp3) is 0.200. The van der Waals surface area contributed by atoms with Gasteiger partial charge in [0, 0.05) is 10.5 Å². The molecular formula is C15H14BrF2N. The van der Waals surface area contributed by atoms with Crippen LogP contribution in [0.25, 0.3) is 0 Å². The minimum atomic E-state index is -0.322. The molecule has 0 saturated heterocycles. The second kappa shape index (κ2) is 5.80. The van der Waals surface area contributed by atoms with Crippen molar-refractivity contribution in [3.8, 4) is 0 Å². The Morgan fingerprint density at radius 2 is 1.89 bits per heavy atom. The number of hydrogen-bond acceptors (Lipinski definition) is 1. The standard InChI is InChI=1S/C15H14BrF2N/c1-9-2-3-11(6-14(9)18)15(19)7-10-4-5-12(17)8-13(10)16/h2-6,8,15H,7,19H2,1H3. The zero-order chi connectivity index (χ0) is 14.0. The molecule has 0 radical (unpaired) electrons. The van der Waals surface area contributed by atoms with E-state index in [9.17, 15) is 8.78 Å². The Balaban J connectivity index is 2.20. The smallest absolute Gasteiger partial charge is 0.126 e. The van der Waals surface area contributed by atoms with Crippen LogP contribution in [0.1, 0.15) is 22.7 Å². The van der Waals surface area contributed by atoms with Gasteiger partial charge in [0.15, 0.2) is 0 Å². The molecule has 0 aliphatic rings. The molecule has 1 atom stereocenters. The van der Waals surface area contributed by atoms with Crippen LogP contribution in [0.4, 0.5) is 8.78 Å². The Morgan fingerprint density at radius 3 is 2.53 bits per heavy atom. The molecule has 2 N–H and O–H groups in total. The van der Waals surface area contributed by atoms with Crippen LogP contribution in [0.3, 0.4) is 0 Å². The Hall–Kier alpha value is -1.26. The van der Waals surface area contributed by atoms with E-state index >= 15 is 0 Å². The summed E-state index contributed by atoms with van der Waals surface area (Å²) in [6, 6.07) is 9.14. The number of nitrogens with two attached hydrogens (primary N) is 1. The predicted molar refractivity (Wildman–Crippen MR) is 75.9 cm³/mol. The summed E-state index contributed by atoms with van der Waals surface area (Å²) in [7, 11) is 0. The van der Waals surface area contributed by atoms with E-state index in [0.29, 0.717) is 16.5 Å². The first kappa shape index (κ1) is 14.2. The molecule has 1 nitrogen and oxygen atoms in total. The van der Waals surface area contributed by atoms with Gasteiger partial charge in [0.2, 0.25) is 0 Å². The van der Waals surface area contributed by atoms with E-state index < -0.39 is 0 Å². The minimum absolute atomic E-state index is 0.258. The van der Waals surface area contributed by atoms with E-state index in [0.717, 1.165) is 11.1 Å². The van der Waals surface area contributed by atoms with E-state index in [1.807, 2.05) is 6.07 Å². The van der Waals surface area contributed by atoms with Crippen LogP contribution in [-0.4, -0.2) is 0 Å². The molecule has 0 aromatic heterocycles. The van der Waals surface area contributed by atoms with E-state index in [1.165, 1.54) is 18.2 Å². The third-order valence-corrected chi connectivity index (χ3v) is 3.82. The van der Waals surface area contributed by atoms with Crippen LogP contribution in [0, 0.1) is 18.6 Å². The minimum Gasteiger partial charge on any atom is -0.324 e. The van der Waals surface area contributed by atoms with Crippen molar-refractivity contribution < 1.29 is 8.78 Å². The van der Waals surface area contributed by atoms with Crippen molar-refractivity contribution >= 4 is 15.9 Å². The van der Waals surface area contributed by atoms with Gasteiger partial charge in [-0.1, -0.05) is 34.1 Å². The molecule has 0 aliphatic carbocycles. The molecule has 0 spiro atoms. The Bertz CT molecular complexity index is 599. The average molecular weight is 326 g/mol. The molecule has 2 aromatic carbocycles. The van der Waals surface area contributed by atoms with Crippen molar-refractivity contribution in [1.29, 1.82) is 0 Å². The first-order chi connectivity index (χ1) is 8.97. The topological polar surface area (TPSA) is 26.0 Å². The molecule has 0 aliphatic heterocycles. The summed E-state index contributed by atoms with van der Waals surface area (Å²) in [5.41, 5.74) is 8.30. The maximum atomic E-state index is 13.5. The number of benzene rings is 2. The second-order valence-electron chi connectivity index (χ2n) is 4.55. The van der Waals surface area contributed by atoms with Gasteiger partial charge in [0.25, 0.3) is 0 Å².